The summed E-state index contributed by atoms with van der Waals surface area (Å²) in [4.78, 5) is 25.5. The molecule has 10 nitrogen and oxygen atoms in total. The highest BCUT2D eigenvalue weighted by Crippen LogP contribution is 2.41. The number of aryl methyl sites for hydroxylation is 1. The lowest BCUT2D eigenvalue weighted by molar-refractivity contribution is -0.574. The Bertz CT molecular complexity index is 1960. The van der Waals surface area contributed by atoms with Crippen LogP contribution >= 0.6 is 0 Å². The molecule has 1 aromatic heterocycles. The van der Waals surface area contributed by atoms with Crippen LogP contribution in [0.2, 0.25) is 0 Å². The molecule has 0 amide bonds. The highest BCUT2D eigenvalue weighted by Gasteiger charge is 2.58. The predicted octanol–water partition coefficient (Wildman–Crippen LogP) is 9.34. The normalized spacial score (nSPS) is 14.7. The number of esters is 1. The average Bonchev–Trinajstić information content (AvgIpc) is 3.02. The molecule has 0 saturated heterocycles. The van der Waals surface area contributed by atoms with Gasteiger partial charge < -0.3 is 25.4 Å². The van der Waals surface area contributed by atoms with E-state index in [4.69, 9.17) is 15.9 Å². The third-order valence-corrected chi connectivity index (χ3v) is 8.69. The van der Waals surface area contributed by atoms with Crippen LogP contribution in [0.5, 0.6) is 5.75 Å². The molecule has 0 aliphatic heterocycles. The Morgan fingerprint density at radius 3 is 1.84 bits per heavy atom. The van der Waals surface area contributed by atoms with E-state index in [9.17, 15) is 57.9 Å². The number of halogens is 11. The minimum atomic E-state index is -6.04. The van der Waals surface area contributed by atoms with Crippen molar-refractivity contribution in [1.82, 2.24) is 0 Å². The summed E-state index contributed by atoms with van der Waals surface area (Å²) >= 11 is 0. The van der Waals surface area contributed by atoms with E-state index in [0.29, 0.717) is 18.4 Å². The third-order valence-electron chi connectivity index (χ3n) is 8.69. The first-order chi connectivity index (χ1) is 26.2. The number of alkyl halides is 11. The van der Waals surface area contributed by atoms with E-state index in [1.165, 1.54) is 40.7 Å². The second kappa shape index (κ2) is 17.3. The van der Waals surface area contributed by atoms with Crippen LogP contribution in [-0.4, -0.2) is 55.1 Å². The van der Waals surface area contributed by atoms with Gasteiger partial charge in [-0.15, -0.1) is 17.6 Å². The molecule has 0 aliphatic carbocycles. The van der Waals surface area contributed by atoms with E-state index >= 15 is 0 Å². The molecule has 0 saturated carbocycles. The number of rotatable bonds is 20. The summed E-state index contributed by atoms with van der Waals surface area (Å²) in [5.41, 5.74) is 4.17. The summed E-state index contributed by atoms with van der Waals surface area (Å²) in [6.07, 6.45) is -25.0. The molecule has 0 fully saturated rings. The van der Waals surface area contributed by atoms with E-state index in [-0.39, 0.29) is 11.8 Å². The lowest BCUT2D eigenvalue weighted by Gasteiger charge is -2.43. The van der Waals surface area contributed by atoms with Crippen LogP contribution in [0, 0.1) is 5.41 Å². The van der Waals surface area contributed by atoms with Crippen molar-refractivity contribution in [3.63, 3.8) is 0 Å². The highest BCUT2D eigenvalue weighted by atomic mass is 19.4. The van der Waals surface area contributed by atoms with Crippen molar-refractivity contribution < 1.29 is 81.2 Å². The van der Waals surface area contributed by atoms with Gasteiger partial charge in [0.05, 0.1) is 16.5 Å². The van der Waals surface area contributed by atoms with Crippen molar-refractivity contribution in [2.45, 2.75) is 116 Å². The number of benzene rings is 2. The highest BCUT2D eigenvalue weighted by molar-refractivity contribution is 5.83. The van der Waals surface area contributed by atoms with Crippen LogP contribution in [0.4, 0.5) is 48.3 Å². The molecule has 21 heteroatoms. The Labute approximate surface area is 324 Å². The van der Waals surface area contributed by atoms with Gasteiger partial charge in [0.2, 0.25) is 0 Å². The smallest absolute Gasteiger partial charge is 0.484 e. The van der Waals surface area contributed by atoms with E-state index < -0.39 is 100 Å². The zero-order valence-electron chi connectivity index (χ0n) is 32.1. The molecule has 3 aromatic rings. The van der Waals surface area contributed by atoms with Gasteiger partial charge in [0.15, 0.2) is 13.2 Å². The molecule has 0 bridgehead atoms. The number of hydrogen-bond acceptors (Lipinski definition) is 10. The number of carbonyl (C=O) groups excluding carboxylic acids is 1. The Morgan fingerprint density at radius 1 is 0.724 bits per heavy atom. The molecule has 3 rings (SSSR count). The molecular formula is C37H43F11N2O8. The summed E-state index contributed by atoms with van der Waals surface area (Å²) in [6.45, 7) is 4.27. The molecule has 326 valence electrons. The lowest BCUT2D eigenvalue weighted by Crippen LogP contribution is -2.58. The second-order valence-electron chi connectivity index (χ2n) is 15.1. The van der Waals surface area contributed by atoms with Gasteiger partial charge in [0.1, 0.15) is 11.3 Å². The zero-order valence-corrected chi connectivity index (χ0v) is 32.1. The number of nitrogens with two attached hydrogens (primary N) is 2. The minimum absolute atomic E-state index is 0.0180. The van der Waals surface area contributed by atoms with E-state index in [1.807, 2.05) is 6.92 Å². The molecule has 58 heavy (non-hydrogen) atoms. The first kappa shape index (κ1) is 48.3. The maximum Gasteiger partial charge on any atom is 0.496 e. The number of unbranched alkanes of at least 4 members (excludes halogenated alkanes) is 2. The fraction of sp³-hybridized carbons (Fsp3) is 0.568. The standard InChI is InChI=1S/C37H43F11N2O8/c1-7-8-9-10-21-11-14-24(26(15-21)35(42,43)44)25-16-22-12-13-23(17-27(22)55-28(25)51)53-19-33(38,39)56-36(45,46)58-37(47,48)57-34(40,41)20-54-29(52)32(6,31(4,5)50)18-30(2,3)49/h11-17H,7-10,18-20,49-50H2,1-6H3. The van der Waals surface area contributed by atoms with Gasteiger partial charge in [0.25, 0.3) is 0 Å². The van der Waals surface area contributed by atoms with Gasteiger partial charge in [-0.3, -0.25) is 4.79 Å². The summed E-state index contributed by atoms with van der Waals surface area (Å²) in [6, 6.07) is 7.29. The maximum atomic E-state index is 14.3. The molecule has 4 N–H and O–H groups in total. The SMILES string of the molecule is CCCCCc1ccc(-c2cc3ccc(OCC(F)(F)OC(F)(F)OC(F)(F)OC(F)(F)COC(=O)C(C)(CC(C)(C)N)C(C)(C)N)cc3oc2=O)c(C(F)(F)F)c1. The predicted molar refractivity (Wildman–Crippen MR) is 185 cm³/mol. The van der Waals surface area contributed by atoms with Crippen LogP contribution in [0.15, 0.2) is 51.7 Å². The monoisotopic (exact) mass is 852 g/mol. The topological polar surface area (TPSA) is 145 Å². The summed E-state index contributed by atoms with van der Waals surface area (Å²) in [7, 11) is 0. The van der Waals surface area contributed by atoms with Gasteiger partial charge in [-0.25, -0.2) is 19.0 Å². The molecule has 1 unspecified atom stereocenters. The third kappa shape index (κ3) is 13.5. The van der Waals surface area contributed by atoms with Gasteiger partial charge >= 0.3 is 42.6 Å². The van der Waals surface area contributed by atoms with E-state index in [2.05, 4.69) is 23.7 Å². The Hall–Kier alpha value is -4.05. The Morgan fingerprint density at radius 2 is 1.31 bits per heavy atom. The molecule has 2 aromatic carbocycles. The van der Waals surface area contributed by atoms with Crippen LogP contribution in [0.3, 0.4) is 0 Å². The minimum Gasteiger partial charge on any atom is -0.484 e. The van der Waals surface area contributed by atoms with Gasteiger partial charge in [-0.05, 0) is 83.7 Å². The Balaban J connectivity index is 1.69. The van der Waals surface area contributed by atoms with Crippen molar-refractivity contribution in [2.24, 2.45) is 16.9 Å². The van der Waals surface area contributed by atoms with Crippen LogP contribution in [0.1, 0.15) is 78.4 Å². The Kier molecular flexibility index (Phi) is 14.4. The summed E-state index contributed by atoms with van der Waals surface area (Å²) in [5, 5.41) is -0.0180. The van der Waals surface area contributed by atoms with Crippen LogP contribution in [0.25, 0.3) is 22.1 Å². The molecule has 0 radical (unpaired) electrons. The first-order valence-corrected chi connectivity index (χ1v) is 17.5. The first-order valence-electron chi connectivity index (χ1n) is 17.5. The van der Waals surface area contributed by atoms with Crippen molar-refractivity contribution in [1.29, 1.82) is 0 Å². The fourth-order valence-corrected chi connectivity index (χ4v) is 5.70. The van der Waals surface area contributed by atoms with Crippen molar-refractivity contribution in [3.8, 4) is 16.9 Å². The van der Waals surface area contributed by atoms with E-state index in [1.54, 1.807) is 0 Å². The second-order valence-corrected chi connectivity index (χ2v) is 15.1. The number of ether oxygens (including phenoxy) is 5. The molecule has 0 aliphatic rings. The van der Waals surface area contributed by atoms with Gasteiger partial charge in [0, 0.05) is 28.1 Å². The van der Waals surface area contributed by atoms with Crippen molar-refractivity contribution in [2.75, 3.05) is 13.2 Å². The van der Waals surface area contributed by atoms with Crippen LogP contribution < -0.4 is 21.8 Å². The maximum absolute atomic E-state index is 14.3. The number of hydrogen-bond donors (Lipinski definition) is 2. The number of fused-ring (bicyclic) bond motifs is 1. The summed E-state index contributed by atoms with van der Waals surface area (Å²) < 4.78 is 178. The molecule has 0 spiro atoms. The largest absolute Gasteiger partial charge is 0.496 e. The van der Waals surface area contributed by atoms with Crippen LogP contribution in [-0.2, 0) is 36.3 Å². The zero-order chi connectivity index (χ0) is 44.3. The summed E-state index contributed by atoms with van der Waals surface area (Å²) in [5.74, 6) is -2.06. The molecule has 1 atom stereocenters. The molecule has 1 heterocycles. The van der Waals surface area contributed by atoms with Gasteiger partial charge in [-0.2, -0.15) is 30.7 Å². The van der Waals surface area contributed by atoms with Crippen molar-refractivity contribution >= 4 is 16.9 Å². The lowest BCUT2D eigenvalue weighted by atomic mass is 9.67. The van der Waals surface area contributed by atoms with E-state index in [0.717, 1.165) is 49.2 Å². The average molecular weight is 853 g/mol. The number of carbonyl (C=O) groups is 1. The van der Waals surface area contributed by atoms with Crippen molar-refractivity contribution in [3.05, 3.63) is 64.0 Å². The molecular weight excluding hydrogens is 809 g/mol. The quantitative estimate of drug-likeness (QED) is 0.0371. The van der Waals surface area contributed by atoms with Gasteiger partial charge in [-0.1, -0.05) is 31.9 Å². The fourth-order valence-electron chi connectivity index (χ4n) is 5.70.